The molecule has 3 rings (SSSR count). The molecule has 4 heteroatoms. The van der Waals surface area contributed by atoms with Gasteiger partial charge in [0, 0.05) is 24.4 Å². The Morgan fingerprint density at radius 1 is 1.04 bits per heavy atom. The van der Waals surface area contributed by atoms with Gasteiger partial charge in [0.2, 0.25) is 0 Å². The smallest absolute Gasteiger partial charge is 0.142 e. The number of aromatic nitrogens is 2. The van der Waals surface area contributed by atoms with E-state index in [9.17, 15) is 4.79 Å². The van der Waals surface area contributed by atoms with Crippen LogP contribution in [-0.4, -0.2) is 22.7 Å². The van der Waals surface area contributed by atoms with E-state index >= 15 is 0 Å². The Bertz CT molecular complexity index is 824. The van der Waals surface area contributed by atoms with Crippen LogP contribution in [0.15, 0.2) is 73.1 Å². The van der Waals surface area contributed by atoms with Gasteiger partial charge < -0.3 is 4.74 Å². The quantitative estimate of drug-likeness (QED) is 0.466. The second-order valence-corrected chi connectivity index (χ2v) is 5.66. The summed E-state index contributed by atoms with van der Waals surface area (Å²) in [5.41, 5.74) is 3.23. The second-order valence-electron chi connectivity index (χ2n) is 5.66. The molecular formula is C21H20N2O2. The highest BCUT2D eigenvalue weighted by molar-refractivity contribution is 5.75. The first-order valence-electron chi connectivity index (χ1n) is 8.24. The SMILES string of the molecule is O=C/C=C/c1ccc(Cn2cccn2)cc1OCCc1ccccc1. The van der Waals surface area contributed by atoms with Crippen LogP contribution in [0.4, 0.5) is 0 Å². The maximum absolute atomic E-state index is 10.6. The van der Waals surface area contributed by atoms with Crippen LogP contribution in [0.5, 0.6) is 5.75 Å². The average Bonchev–Trinajstić information content (AvgIpc) is 3.15. The van der Waals surface area contributed by atoms with E-state index in [1.165, 1.54) is 11.6 Å². The predicted octanol–water partition coefficient (Wildman–Crippen LogP) is 3.77. The summed E-state index contributed by atoms with van der Waals surface area (Å²) < 4.78 is 7.87. The number of aldehydes is 1. The monoisotopic (exact) mass is 332 g/mol. The zero-order valence-electron chi connectivity index (χ0n) is 13.9. The predicted molar refractivity (Wildman–Crippen MR) is 98.5 cm³/mol. The number of hydrogen-bond acceptors (Lipinski definition) is 3. The Labute approximate surface area is 147 Å². The van der Waals surface area contributed by atoms with Crippen molar-refractivity contribution in [2.24, 2.45) is 0 Å². The van der Waals surface area contributed by atoms with E-state index in [1.54, 1.807) is 12.3 Å². The minimum atomic E-state index is 0.581. The van der Waals surface area contributed by atoms with Crippen molar-refractivity contribution in [3.63, 3.8) is 0 Å². The number of hydrogen-bond donors (Lipinski definition) is 0. The molecule has 3 aromatic rings. The summed E-state index contributed by atoms with van der Waals surface area (Å²) in [5, 5.41) is 4.23. The summed E-state index contributed by atoms with van der Waals surface area (Å²) in [4.78, 5) is 10.6. The Morgan fingerprint density at radius 3 is 2.68 bits per heavy atom. The molecule has 0 amide bonds. The number of benzene rings is 2. The van der Waals surface area contributed by atoms with Crippen LogP contribution in [0.2, 0.25) is 0 Å². The number of allylic oxidation sites excluding steroid dienone is 1. The minimum Gasteiger partial charge on any atom is -0.493 e. The van der Waals surface area contributed by atoms with E-state index in [2.05, 4.69) is 17.2 Å². The summed E-state index contributed by atoms with van der Waals surface area (Å²) in [6.07, 6.45) is 8.54. The summed E-state index contributed by atoms with van der Waals surface area (Å²) in [6.45, 7) is 1.26. The van der Waals surface area contributed by atoms with Gasteiger partial charge in [-0.25, -0.2) is 0 Å². The Balaban J connectivity index is 1.73. The van der Waals surface area contributed by atoms with Crippen molar-refractivity contribution in [1.29, 1.82) is 0 Å². The van der Waals surface area contributed by atoms with Crippen molar-refractivity contribution in [3.05, 3.63) is 89.8 Å². The molecule has 126 valence electrons. The molecule has 0 saturated carbocycles. The molecule has 0 saturated heterocycles. The van der Waals surface area contributed by atoms with Gasteiger partial charge in [0.05, 0.1) is 13.2 Å². The van der Waals surface area contributed by atoms with Crippen LogP contribution in [0, 0.1) is 0 Å². The van der Waals surface area contributed by atoms with E-state index < -0.39 is 0 Å². The van der Waals surface area contributed by atoms with Crippen LogP contribution in [-0.2, 0) is 17.8 Å². The van der Waals surface area contributed by atoms with Gasteiger partial charge in [-0.3, -0.25) is 9.48 Å². The van der Waals surface area contributed by atoms with Crippen LogP contribution >= 0.6 is 0 Å². The van der Waals surface area contributed by atoms with Gasteiger partial charge in [0.1, 0.15) is 12.0 Å². The summed E-state index contributed by atoms with van der Waals surface area (Å²) in [5.74, 6) is 0.777. The maximum Gasteiger partial charge on any atom is 0.142 e. The lowest BCUT2D eigenvalue weighted by Gasteiger charge is -2.12. The van der Waals surface area contributed by atoms with Crippen LogP contribution < -0.4 is 4.74 Å². The number of carbonyl (C=O) groups is 1. The van der Waals surface area contributed by atoms with Crippen LogP contribution in [0.1, 0.15) is 16.7 Å². The largest absolute Gasteiger partial charge is 0.493 e. The number of ether oxygens (including phenoxy) is 1. The fourth-order valence-electron chi connectivity index (χ4n) is 2.59. The molecule has 4 nitrogen and oxygen atoms in total. The minimum absolute atomic E-state index is 0.581. The first-order valence-corrected chi connectivity index (χ1v) is 8.24. The molecule has 2 aromatic carbocycles. The molecule has 0 atom stereocenters. The van der Waals surface area contributed by atoms with Gasteiger partial charge in [-0.1, -0.05) is 42.5 Å². The van der Waals surface area contributed by atoms with E-state index in [1.807, 2.05) is 53.3 Å². The molecule has 1 heterocycles. The van der Waals surface area contributed by atoms with Crippen molar-refractivity contribution in [2.45, 2.75) is 13.0 Å². The normalized spacial score (nSPS) is 10.9. The lowest BCUT2D eigenvalue weighted by Crippen LogP contribution is -2.04. The van der Waals surface area contributed by atoms with E-state index in [0.29, 0.717) is 13.2 Å². The van der Waals surface area contributed by atoms with Gasteiger partial charge in [0.15, 0.2) is 0 Å². The van der Waals surface area contributed by atoms with Crippen LogP contribution in [0.3, 0.4) is 0 Å². The van der Waals surface area contributed by atoms with Crippen molar-refractivity contribution in [3.8, 4) is 5.75 Å². The molecule has 0 bridgehead atoms. The molecule has 0 aliphatic carbocycles. The molecule has 0 spiro atoms. The highest BCUT2D eigenvalue weighted by Crippen LogP contribution is 2.23. The summed E-state index contributed by atoms with van der Waals surface area (Å²) >= 11 is 0. The Kier molecular flexibility index (Phi) is 5.77. The standard InChI is InChI=1S/C21H20N2O2/c24-14-4-8-20-10-9-19(17-23-13-5-12-22-23)16-21(20)25-15-11-18-6-2-1-3-7-18/h1-10,12-14,16H,11,15,17H2/b8-4+. The highest BCUT2D eigenvalue weighted by atomic mass is 16.5. The molecule has 0 unspecified atom stereocenters. The van der Waals surface area contributed by atoms with E-state index in [4.69, 9.17) is 4.74 Å². The van der Waals surface area contributed by atoms with Crippen LogP contribution in [0.25, 0.3) is 6.08 Å². The second kappa shape index (κ2) is 8.64. The van der Waals surface area contributed by atoms with E-state index in [-0.39, 0.29) is 0 Å². The zero-order chi connectivity index (χ0) is 17.3. The molecule has 0 N–H and O–H groups in total. The Hall–Kier alpha value is -3.14. The topological polar surface area (TPSA) is 44.1 Å². The van der Waals surface area contributed by atoms with Gasteiger partial charge in [0.25, 0.3) is 0 Å². The first-order chi connectivity index (χ1) is 12.3. The fraction of sp³-hybridized carbons (Fsp3) is 0.143. The average molecular weight is 332 g/mol. The fourth-order valence-corrected chi connectivity index (χ4v) is 2.59. The van der Waals surface area contributed by atoms with Gasteiger partial charge in [-0.05, 0) is 35.4 Å². The van der Waals surface area contributed by atoms with Gasteiger partial charge in [-0.15, -0.1) is 0 Å². The van der Waals surface area contributed by atoms with Crippen molar-refractivity contribution >= 4 is 12.4 Å². The molecule has 0 radical (unpaired) electrons. The molecule has 0 aliphatic heterocycles. The van der Waals surface area contributed by atoms with Crippen molar-refractivity contribution < 1.29 is 9.53 Å². The third kappa shape index (κ3) is 4.91. The lowest BCUT2D eigenvalue weighted by molar-refractivity contribution is -0.104. The summed E-state index contributed by atoms with van der Waals surface area (Å²) in [7, 11) is 0. The van der Waals surface area contributed by atoms with Gasteiger partial charge >= 0.3 is 0 Å². The lowest BCUT2D eigenvalue weighted by atomic mass is 10.1. The van der Waals surface area contributed by atoms with Crippen molar-refractivity contribution in [1.82, 2.24) is 9.78 Å². The zero-order valence-corrected chi connectivity index (χ0v) is 13.9. The molecular weight excluding hydrogens is 312 g/mol. The molecule has 25 heavy (non-hydrogen) atoms. The summed E-state index contributed by atoms with van der Waals surface area (Å²) in [6, 6.07) is 18.1. The maximum atomic E-state index is 10.6. The third-order valence-corrected chi connectivity index (χ3v) is 3.83. The van der Waals surface area contributed by atoms with Gasteiger partial charge in [-0.2, -0.15) is 5.10 Å². The molecule has 0 fully saturated rings. The van der Waals surface area contributed by atoms with Crippen molar-refractivity contribution in [2.75, 3.05) is 6.61 Å². The third-order valence-electron chi connectivity index (χ3n) is 3.83. The molecule has 1 aromatic heterocycles. The number of carbonyl (C=O) groups excluding carboxylic acids is 1. The molecule has 0 aliphatic rings. The number of nitrogens with zero attached hydrogens (tertiary/aromatic N) is 2. The first kappa shape index (κ1) is 16.7. The number of rotatable bonds is 8. The highest BCUT2D eigenvalue weighted by Gasteiger charge is 2.05. The Morgan fingerprint density at radius 2 is 1.92 bits per heavy atom. The van der Waals surface area contributed by atoms with E-state index in [0.717, 1.165) is 29.6 Å².